The summed E-state index contributed by atoms with van der Waals surface area (Å²) in [6, 6.07) is 1.94. The Bertz CT molecular complexity index is 631. The Balaban J connectivity index is 2.20. The molecule has 3 nitrogen and oxygen atoms in total. The molecule has 1 heterocycles. The zero-order valence-electron chi connectivity index (χ0n) is 10.0. The molecule has 0 aromatic heterocycles. The SMILES string of the molecule is CC(NC1C=CS(=O)(=O)C1)c1c(Cl)ccc(F)c1Cl. The largest absolute Gasteiger partial charge is 0.303 e. The van der Waals surface area contributed by atoms with Crippen LogP contribution in [0, 0.1) is 5.82 Å². The molecule has 1 aliphatic rings. The summed E-state index contributed by atoms with van der Waals surface area (Å²) in [5, 5.41) is 4.53. The van der Waals surface area contributed by atoms with Crippen molar-refractivity contribution in [2.24, 2.45) is 0 Å². The van der Waals surface area contributed by atoms with Crippen LogP contribution in [0.15, 0.2) is 23.6 Å². The van der Waals surface area contributed by atoms with Gasteiger partial charge in [-0.1, -0.05) is 29.3 Å². The second-order valence-electron chi connectivity index (χ2n) is 4.41. The lowest BCUT2D eigenvalue weighted by molar-refractivity contribution is 0.531. The van der Waals surface area contributed by atoms with Gasteiger partial charge in [0, 0.05) is 28.1 Å². The van der Waals surface area contributed by atoms with Crippen LogP contribution in [0.4, 0.5) is 4.39 Å². The minimum Gasteiger partial charge on any atom is -0.303 e. The molecular weight excluding hydrogens is 312 g/mol. The third kappa shape index (κ3) is 3.28. The number of halogens is 3. The molecular formula is C12H12Cl2FNO2S. The monoisotopic (exact) mass is 323 g/mol. The van der Waals surface area contributed by atoms with E-state index in [1.807, 2.05) is 0 Å². The molecule has 2 rings (SSSR count). The summed E-state index contributed by atoms with van der Waals surface area (Å²) in [5.74, 6) is -0.564. The molecule has 104 valence electrons. The van der Waals surface area contributed by atoms with Crippen LogP contribution in [0.25, 0.3) is 0 Å². The van der Waals surface area contributed by atoms with Crippen LogP contribution >= 0.6 is 23.2 Å². The zero-order chi connectivity index (χ0) is 14.2. The van der Waals surface area contributed by atoms with Gasteiger partial charge in [0.05, 0.1) is 10.8 Å². The second-order valence-corrected chi connectivity index (χ2v) is 7.13. The number of hydrogen-bond donors (Lipinski definition) is 1. The van der Waals surface area contributed by atoms with Crippen molar-refractivity contribution < 1.29 is 12.8 Å². The van der Waals surface area contributed by atoms with E-state index in [2.05, 4.69) is 5.32 Å². The minimum atomic E-state index is -3.13. The molecule has 2 unspecified atom stereocenters. The first kappa shape index (κ1) is 14.8. The number of sulfone groups is 1. The van der Waals surface area contributed by atoms with E-state index < -0.39 is 15.7 Å². The Morgan fingerprint density at radius 2 is 2.11 bits per heavy atom. The highest BCUT2D eigenvalue weighted by atomic mass is 35.5. The maximum atomic E-state index is 13.4. The molecule has 7 heteroatoms. The molecule has 1 N–H and O–H groups in total. The summed E-state index contributed by atoms with van der Waals surface area (Å²) in [7, 11) is -3.13. The summed E-state index contributed by atoms with van der Waals surface area (Å²) in [5.41, 5.74) is 0.432. The highest BCUT2D eigenvalue weighted by Gasteiger charge is 2.25. The van der Waals surface area contributed by atoms with E-state index in [0.717, 1.165) is 0 Å². The Morgan fingerprint density at radius 1 is 1.42 bits per heavy atom. The molecule has 0 radical (unpaired) electrons. The van der Waals surface area contributed by atoms with Crippen molar-refractivity contribution in [3.8, 4) is 0 Å². The van der Waals surface area contributed by atoms with Gasteiger partial charge < -0.3 is 5.32 Å². The molecule has 1 aromatic carbocycles. The highest BCUT2D eigenvalue weighted by molar-refractivity contribution is 7.94. The van der Waals surface area contributed by atoms with Gasteiger partial charge in [0.15, 0.2) is 9.84 Å². The molecule has 19 heavy (non-hydrogen) atoms. The number of nitrogens with one attached hydrogen (secondary N) is 1. The molecule has 1 aromatic rings. The van der Waals surface area contributed by atoms with Crippen molar-refractivity contribution >= 4 is 33.0 Å². The van der Waals surface area contributed by atoms with Gasteiger partial charge in [-0.25, -0.2) is 12.8 Å². The first-order valence-electron chi connectivity index (χ1n) is 5.60. The molecule has 1 aliphatic heterocycles. The lowest BCUT2D eigenvalue weighted by atomic mass is 10.1. The van der Waals surface area contributed by atoms with Crippen LogP contribution in [0.1, 0.15) is 18.5 Å². The summed E-state index contributed by atoms with van der Waals surface area (Å²) in [4.78, 5) is 0. The van der Waals surface area contributed by atoms with Crippen LogP contribution < -0.4 is 5.32 Å². The van der Waals surface area contributed by atoms with Crippen molar-refractivity contribution in [2.75, 3.05) is 5.75 Å². The number of rotatable bonds is 3. The predicted molar refractivity (Wildman–Crippen MR) is 74.7 cm³/mol. The number of benzene rings is 1. The smallest absolute Gasteiger partial charge is 0.173 e. The van der Waals surface area contributed by atoms with E-state index in [0.29, 0.717) is 10.6 Å². The molecule has 0 saturated carbocycles. The fourth-order valence-electron chi connectivity index (χ4n) is 2.02. The average molecular weight is 324 g/mol. The minimum absolute atomic E-state index is 0.0120. The standard InChI is InChI=1S/C12H12Cl2FNO2S/c1-7(16-8-4-5-19(17,18)6-8)11-9(13)2-3-10(15)12(11)14/h2-5,7-8,16H,6H2,1H3. The molecule has 0 saturated heterocycles. The van der Waals surface area contributed by atoms with Gasteiger partial charge in [-0.2, -0.15) is 0 Å². The highest BCUT2D eigenvalue weighted by Crippen LogP contribution is 2.32. The van der Waals surface area contributed by atoms with E-state index in [1.54, 1.807) is 13.0 Å². The summed E-state index contributed by atoms with van der Waals surface area (Å²) < 4.78 is 36.0. The first-order valence-corrected chi connectivity index (χ1v) is 8.07. The summed E-state index contributed by atoms with van der Waals surface area (Å²) in [6.07, 6.45) is 1.56. The van der Waals surface area contributed by atoms with Crippen LogP contribution in [0.2, 0.25) is 10.0 Å². The molecule has 0 spiro atoms. The Morgan fingerprint density at radius 3 is 2.68 bits per heavy atom. The maximum absolute atomic E-state index is 13.4. The Kier molecular flexibility index (Phi) is 4.20. The molecule has 0 aliphatic carbocycles. The normalized spacial score (nSPS) is 22.6. The van der Waals surface area contributed by atoms with Crippen molar-refractivity contribution in [3.63, 3.8) is 0 Å². The predicted octanol–water partition coefficient (Wildman–Crippen LogP) is 3.09. The number of hydrogen-bond acceptors (Lipinski definition) is 3. The van der Waals surface area contributed by atoms with Crippen LogP contribution in [0.5, 0.6) is 0 Å². The van der Waals surface area contributed by atoms with Gasteiger partial charge >= 0.3 is 0 Å². The van der Waals surface area contributed by atoms with Crippen molar-refractivity contribution in [1.29, 1.82) is 0 Å². The van der Waals surface area contributed by atoms with Crippen LogP contribution in [-0.2, 0) is 9.84 Å². The van der Waals surface area contributed by atoms with Gasteiger partial charge in [-0.05, 0) is 19.1 Å². The Labute approximate surface area is 121 Å². The van der Waals surface area contributed by atoms with E-state index in [4.69, 9.17) is 23.2 Å². The summed E-state index contributed by atoms with van der Waals surface area (Å²) >= 11 is 11.9. The average Bonchev–Trinajstić information content (AvgIpc) is 2.64. The molecule has 0 amide bonds. The molecule has 0 fully saturated rings. The van der Waals surface area contributed by atoms with Gasteiger partial charge in [-0.15, -0.1) is 0 Å². The molecule has 0 bridgehead atoms. The fraction of sp³-hybridized carbons (Fsp3) is 0.333. The van der Waals surface area contributed by atoms with E-state index in [1.165, 1.54) is 17.5 Å². The van der Waals surface area contributed by atoms with Crippen LogP contribution in [0.3, 0.4) is 0 Å². The zero-order valence-corrected chi connectivity index (χ0v) is 12.4. The Hall–Kier alpha value is -0.620. The van der Waals surface area contributed by atoms with Crippen molar-refractivity contribution in [3.05, 3.63) is 45.0 Å². The van der Waals surface area contributed by atoms with Gasteiger partial charge in [0.2, 0.25) is 0 Å². The van der Waals surface area contributed by atoms with E-state index in [-0.39, 0.29) is 22.9 Å². The van der Waals surface area contributed by atoms with Crippen molar-refractivity contribution in [1.82, 2.24) is 5.32 Å². The first-order chi connectivity index (χ1) is 8.80. The van der Waals surface area contributed by atoms with Crippen molar-refractivity contribution in [2.45, 2.75) is 19.0 Å². The fourth-order valence-corrected chi connectivity index (χ4v) is 3.97. The maximum Gasteiger partial charge on any atom is 0.173 e. The van der Waals surface area contributed by atoms with Crippen LogP contribution in [-0.4, -0.2) is 20.2 Å². The topological polar surface area (TPSA) is 46.2 Å². The lowest BCUT2D eigenvalue weighted by Gasteiger charge is -2.20. The van der Waals surface area contributed by atoms with E-state index in [9.17, 15) is 12.8 Å². The lowest BCUT2D eigenvalue weighted by Crippen LogP contribution is -2.32. The quantitative estimate of drug-likeness (QED) is 0.869. The third-order valence-corrected chi connectivity index (χ3v) is 5.02. The van der Waals surface area contributed by atoms with E-state index >= 15 is 0 Å². The van der Waals surface area contributed by atoms with Gasteiger partial charge in [0.25, 0.3) is 0 Å². The third-order valence-electron chi connectivity index (χ3n) is 2.91. The second kappa shape index (κ2) is 5.40. The van der Waals surface area contributed by atoms with Gasteiger partial charge in [0.1, 0.15) is 5.82 Å². The van der Waals surface area contributed by atoms with Gasteiger partial charge in [-0.3, -0.25) is 0 Å². The summed E-state index contributed by atoms with van der Waals surface area (Å²) in [6.45, 7) is 1.76. The molecule has 2 atom stereocenters.